The Kier molecular flexibility index (Phi) is 2.15. The number of halogens is 1. The summed E-state index contributed by atoms with van der Waals surface area (Å²) in [7, 11) is 0. The fourth-order valence-corrected chi connectivity index (χ4v) is 2.20. The van der Waals surface area contributed by atoms with Crippen molar-refractivity contribution >= 4 is 10.9 Å². The van der Waals surface area contributed by atoms with Crippen LogP contribution in [0.1, 0.15) is 11.8 Å². The van der Waals surface area contributed by atoms with Gasteiger partial charge >= 0.3 is 0 Å². The van der Waals surface area contributed by atoms with Gasteiger partial charge in [0.1, 0.15) is 11.9 Å². The molecule has 2 heterocycles. The minimum atomic E-state index is -0.261. The maximum atomic E-state index is 13.8. The first kappa shape index (κ1) is 9.74. The van der Waals surface area contributed by atoms with E-state index in [1.807, 2.05) is 0 Å². The highest BCUT2D eigenvalue weighted by molar-refractivity contribution is 5.82. The molecule has 84 valence electrons. The normalized spacial score (nSPS) is 20.0. The SMILES string of the molecule is NC[C@H]1OCCn2nc3cccc(F)c3c21. The standard InChI is InChI=1S/C11H12FN3O/c12-7-2-1-3-8-10(7)11-9(6-13)16-5-4-15(11)14-8/h1-3,9H,4-6,13H2/t9-/m1/s1. The van der Waals surface area contributed by atoms with Gasteiger partial charge in [-0.1, -0.05) is 6.07 Å². The van der Waals surface area contributed by atoms with Gasteiger partial charge in [0.2, 0.25) is 0 Å². The Morgan fingerprint density at radius 2 is 2.44 bits per heavy atom. The van der Waals surface area contributed by atoms with Crippen LogP contribution in [0.4, 0.5) is 4.39 Å². The fraction of sp³-hybridized carbons (Fsp3) is 0.364. The average molecular weight is 221 g/mol. The van der Waals surface area contributed by atoms with E-state index in [1.165, 1.54) is 6.07 Å². The first-order chi connectivity index (χ1) is 7.81. The predicted molar refractivity (Wildman–Crippen MR) is 57.4 cm³/mol. The van der Waals surface area contributed by atoms with Crippen LogP contribution in [0.2, 0.25) is 0 Å². The van der Waals surface area contributed by atoms with Crippen molar-refractivity contribution in [2.24, 2.45) is 5.73 Å². The molecule has 1 aromatic carbocycles. The lowest BCUT2D eigenvalue weighted by atomic mass is 10.1. The number of rotatable bonds is 1. The van der Waals surface area contributed by atoms with E-state index in [1.54, 1.807) is 16.8 Å². The third kappa shape index (κ3) is 1.25. The molecule has 1 aliphatic heterocycles. The number of nitrogens with two attached hydrogens (primary N) is 1. The molecule has 0 saturated carbocycles. The molecule has 0 unspecified atom stereocenters. The van der Waals surface area contributed by atoms with E-state index in [9.17, 15) is 4.39 Å². The summed E-state index contributed by atoms with van der Waals surface area (Å²) in [5.41, 5.74) is 7.06. The Labute approximate surface area is 91.8 Å². The number of hydrogen-bond donors (Lipinski definition) is 1. The largest absolute Gasteiger partial charge is 0.369 e. The third-order valence-corrected chi connectivity index (χ3v) is 2.90. The minimum absolute atomic E-state index is 0.254. The Balaban J connectivity index is 2.32. The highest BCUT2D eigenvalue weighted by atomic mass is 19.1. The molecular formula is C11H12FN3O. The molecule has 1 aliphatic rings. The van der Waals surface area contributed by atoms with E-state index < -0.39 is 0 Å². The second-order valence-electron chi connectivity index (χ2n) is 3.84. The molecule has 2 aromatic rings. The first-order valence-electron chi connectivity index (χ1n) is 5.28. The lowest BCUT2D eigenvalue weighted by molar-refractivity contribution is 0.0235. The summed E-state index contributed by atoms with van der Waals surface area (Å²) >= 11 is 0. The maximum absolute atomic E-state index is 13.8. The molecule has 0 amide bonds. The lowest BCUT2D eigenvalue weighted by Gasteiger charge is -2.23. The second-order valence-corrected chi connectivity index (χ2v) is 3.84. The van der Waals surface area contributed by atoms with Crippen LogP contribution in [0.3, 0.4) is 0 Å². The Morgan fingerprint density at radius 3 is 3.25 bits per heavy atom. The van der Waals surface area contributed by atoms with Crippen LogP contribution in [0.25, 0.3) is 10.9 Å². The Hall–Kier alpha value is -1.46. The molecule has 1 aromatic heterocycles. The van der Waals surface area contributed by atoms with Crippen LogP contribution in [-0.4, -0.2) is 22.9 Å². The summed E-state index contributed by atoms with van der Waals surface area (Å²) in [5, 5.41) is 4.89. The lowest BCUT2D eigenvalue weighted by Crippen LogP contribution is -2.27. The fourth-order valence-electron chi connectivity index (χ4n) is 2.20. The number of aromatic nitrogens is 2. The van der Waals surface area contributed by atoms with E-state index in [4.69, 9.17) is 10.5 Å². The summed E-state index contributed by atoms with van der Waals surface area (Å²) in [5.74, 6) is -0.261. The average Bonchev–Trinajstić information content (AvgIpc) is 2.68. The highest BCUT2D eigenvalue weighted by Crippen LogP contribution is 2.30. The number of fused-ring (bicyclic) bond motifs is 3. The second kappa shape index (κ2) is 3.54. The van der Waals surface area contributed by atoms with Gasteiger partial charge < -0.3 is 10.5 Å². The Morgan fingerprint density at radius 1 is 1.56 bits per heavy atom. The number of ether oxygens (including phenoxy) is 1. The van der Waals surface area contributed by atoms with E-state index in [0.717, 1.165) is 5.69 Å². The van der Waals surface area contributed by atoms with E-state index in [-0.39, 0.29) is 11.9 Å². The van der Waals surface area contributed by atoms with Crippen LogP contribution < -0.4 is 5.73 Å². The van der Waals surface area contributed by atoms with Gasteiger partial charge in [-0.3, -0.25) is 4.68 Å². The molecule has 1 atom stereocenters. The molecule has 16 heavy (non-hydrogen) atoms. The quantitative estimate of drug-likeness (QED) is 0.787. The minimum Gasteiger partial charge on any atom is -0.369 e. The smallest absolute Gasteiger partial charge is 0.134 e. The summed E-state index contributed by atoms with van der Waals surface area (Å²) in [6.45, 7) is 1.57. The first-order valence-corrected chi connectivity index (χ1v) is 5.28. The molecule has 2 N–H and O–H groups in total. The predicted octanol–water partition coefficient (Wildman–Crippen LogP) is 1.21. The van der Waals surface area contributed by atoms with Crippen LogP contribution in [-0.2, 0) is 11.3 Å². The van der Waals surface area contributed by atoms with Crippen LogP contribution in [0.15, 0.2) is 18.2 Å². The van der Waals surface area contributed by atoms with Crippen molar-refractivity contribution in [2.45, 2.75) is 12.6 Å². The van der Waals surface area contributed by atoms with Crippen molar-refractivity contribution < 1.29 is 9.13 Å². The molecule has 0 saturated heterocycles. The van der Waals surface area contributed by atoms with Gasteiger partial charge in [0, 0.05) is 6.54 Å². The number of benzene rings is 1. The van der Waals surface area contributed by atoms with Crippen molar-refractivity contribution in [1.29, 1.82) is 0 Å². The Bertz CT molecular complexity index is 537. The van der Waals surface area contributed by atoms with Crippen molar-refractivity contribution in [3.8, 4) is 0 Å². The van der Waals surface area contributed by atoms with Crippen LogP contribution in [0.5, 0.6) is 0 Å². The van der Waals surface area contributed by atoms with Gasteiger partial charge in [0.25, 0.3) is 0 Å². The van der Waals surface area contributed by atoms with Gasteiger partial charge in [-0.25, -0.2) is 4.39 Å². The molecule has 4 nitrogen and oxygen atoms in total. The molecule has 0 spiro atoms. The zero-order valence-corrected chi connectivity index (χ0v) is 8.69. The van der Waals surface area contributed by atoms with Crippen molar-refractivity contribution in [3.63, 3.8) is 0 Å². The van der Waals surface area contributed by atoms with Crippen LogP contribution >= 0.6 is 0 Å². The number of hydrogen-bond acceptors (Lipinski definition) is 3. The van der Waals surface area contributed by atoms with Gasteiger partial charge in [-0.15, -0.1) is 0 Å². The molecule has 0 bridgehead atoms. The molecule has 0 fully saturated rings. The van der Waals surface area contributed by atoms with Crippen LogP contribution in [0, 0.1) is 5.82 Å². The van der Waals surface area contributed by atoms with E-state index >= 15 is 0 Å². The zero-order chi connectivity index (χ0) is 11.1. The summed E-state index contributed by atoms with van der Waals surface area (Å²) in [4.78, 5) is 0. The summed E-state index contributed by atoms with van der Waals surface area (Å²) in [6.07, 6.45) is -0.254. The van der Waals surface area contributed by atoms with Crippen molar-refractivity contribution in [2.75, 3.05) is 13.2 Å². The molecule has 0 radical (unpaired) electrons. The van der Waals surface area contributed by atoms with Gasteiger partial charge in [-0.05, 0) is 12.1 Å². The monoisotopic (exact) mass is 221 g/mol. The zero-order valence-electron chi connectivity index (χ0n) is 8.69. The highest BCUT2D eigenvalue weighted by Gasteiger charge is 2.25. The third-order valence-electron chi connectivity index (χ3n) is 2.90. The summed E-state index contributed by atoms with van der Waals surface area (Å²) in [6, 6.07) is 4.90. The van der Waals surface area contributed by atoms with E-state index in [0.29, 0.717) is 30.6 Å². The van der Waals surface area contributed by atoms with Gasteiger partial charge in [0.05, 0.1) is 29.7 Å². The van der Waals surface area contributed by atoms with Crippen molar-refractivity contribution in [3.05, 3.63) is 29.7 Å². The van der Waals surface area contributed by atoms with Crippen molar-refractivity contribution in [1.82, 2.24) is 9.78 Å². The van der Waals surface area contributed by atoms with Gasteiger partial charge in [0.15, 0.2) is 0 Å². The molecule has 3 rings (SSSR count). The molecular weight excluding hydrogens is 209 g/mol. The number of nitrogens with zero attached hydrogens (tertiary/aromatic N) is 2. The molecule has 0 aliphatic carbocycles. The summed E-state index contributed by atoms with van der Waals surface area (Å²) < 4.78 is 21.1. The maximum Gasteiger partial charge on any atom is 0.134 e. The molecule has 5 heteroatoms. The van der Waals surface area contributed by atoms with Gasteiger partial charge in [-0.2, -0.15) is 5.10 Å². The van der Waals surface area contributed by atoms with E-state index in [2.05, 4.69) is 5.10 Å². The topological polar surface area (TPSA) is 53.1 Å².